The summed E-state index contributed by atoms with van der Waals surface area (Å²) in [6.45, 7) is 4.89. The van der Waals surface area contributed by atoms with Gasteiger partial charge in [-0.3, -0.25) is 4.99 Å². The average Bonchev–Trinajstić information content (AvgIpc) is 3.43. The van der Waals surface area contributed by atoms with Crippen LogP contribution in [0.2, 0.25) is 0 Å². The molecule has 0 aliphatic carbocycles. The van der Waals surface area contributed by atoms with Crippen LogP contribution in [0, 0.1) is 5.92 Å². The zero-order valence-electron chi connectivity index (χ0n) is 17.1. The first-order chi connectivity index (χ1) is 14.0. The number of sulfonamides is 1. The molecule has 1 saturated heterocycles. The molecule has 1 aromatic heterocycles. The van der Waals surface area contributed by atoms with Crippen molar-refractivity contribution in [3.05, 3.63) is 52.2 Å². The van der Waals surface area contributed by atoms with Crippen molar-refractivity contribution < 1.29 is 8.42 Å². The molecule has 1 fully saturated rings. The first-order valence-corrected chi connectivity index (χ1v) is 12.4. The number of aliphatic imine (C=N–C) groups is 1. The standard InChI is InChI=1S/C21H30N4O2S2/c1-17(14-19-6-5-13-28-19)15-23-21(22-2)24-16-18-7-9-20(10-8-18)29(26,27)25-11-3-4-12-25/h5-10,13,17H,3-4,11-12,14-16H2,1-2H3,(H2,22,23,24). The van der Waals surface area contributed by atoms with Gasteiger partial charge in [0, 0.05) is 38.1 Å². The summed E-state index contributed by atoms with van der Waals surface area (Å²) in [5.74, 6) is 1.25. The highest BCUT2D eigenvalue weighted by Gasteiger charge is 2.26. The first kappa shape index (κ1) is 21.8. The van der Waals surface area contributed by atoms with E-state index in [1.165, 1.54) is 4.88 Å². The van der Waals surface area contributed by atoms with Crippen LogP contribution < -0.4 is 10.6 Å². The Hall–Kier alpha value is -1.90. The van der Waals surface area contributed by atoms with Gasteiger partial charge >= 0.3 is 0 Å². The van der Waals surface area contributed by atoms with E-state index in [-0.39, 0.29) is 0 Å². The lowest BCUT2D eigenvalue weighted by atomic mass is 10.1. The van der Waals surface area contributed by atoms with E-state index in [2.05, 4.69) is 40.1 Å². The Morgan fingerprint density at radius 2 is 1.90 bits per heavy atom. The fraction of sp³-hybridized carbons (Fsp3) is 0.476. The Balaban J connectivity index is 1.48. The molecule has 0 saturated carbocycles. The number of hydrogen-bond acceptors (Lipinski definition) is 4. The van der Waals surface area contributed by atoms with Crippen LogP contribution in [-0.4, -0.2) is 45.4 Å². The van der Waals surface area contributed by atoms with Crippen LogP contribution in [0.4, 0.5) is 0 Å². The number of guanidine groups is 1. The summed E-state index contributed by atoms with van der Waals surface area (Å²) in [4.78, 5) is 6.04. The SMILES string of the molecule is CN=C(NCc1ccc(S(=O)(=O)N2CCCC2)cc1)NCC(C)Cc1cccs1. The molecule has 158 valence electrons. The van der Waals surface area contributed by atoms with Crippen LogP contribution in [0.15, 0.2) is 51.7 Å². The molecule has 1 aliphatic heterocycles. The highest BCUT2D eigenvalue weighted by atomic mass is 32.2. The molecule has 1 unspecified atom stereocenters. The number of thiophene rings is 1. The minimum Gasteiger partial charge on any atom is -0.356 e. The minimum atomic E-state index is -3.35. The molecular weight excluding hydrogens is 404 g/mol. The van der Waals surface area contributed by atoms with Gasteiger partial charge in [0.2, 0.25) is 10.0 Å². The van der Waals surface area contributed by atoms with E-state index in [0.29, 0.717) is 30.4 Å². The van der Waals surface area contributed by atoms with Gasteiger partial charge in [0.1, 0.15) is 0 Å². The maximum absolute atomic E-state index is 12.6. The molecule has 2 heterocycles. The molecule has 1 aliphatic rings. The fourth-order valence-electron chi connectivity index (χ4n) is 3.38. The van der Waals surface area contributed by atoms with Crippen LogP contribution in [-0.2, 0) is 23.0 Å². The number of nitrogens with zero attached hydrogens (tertiary/aromatic N) is 2. The molecule has 6 nitrogen and oxygen atoms in total. The Morgan fingerprint density at radius 3 is 2.52 bits per heavy atom. The first-order valence-electron chi connectivity index (χ1n) is 10.0. The van der Waals surface area contributed by atoms with Crippen LogP contribution in [0.5, 0.6) is 0 Å². The number of nitrogens with one attached hydrogen (secondary N) is 2. The molecular formula is C21H30N4O2S2. The Labute approximate surface area is 178 Å². The lowest BCUT2D eigenvalue weighted by Crippen LogP contribution is -2.39. The second kappa shape index (κ2) is 10.2. The lowest BCUT2D eigenvalue weighted by molar-refractivity contribution is 0.477. The van der Waals surface area contributed by atoms with Crippen molar-refractivity contribution in [3.63, 3.8) is 0 Å². The van der Waals surface area contributed by atoms with Gasteiger partial charge in [-0.15, -0.1) is 11.3 Å². The Morgan fingerprint density at radius 1 is 1.17 bits per heavy atom. The maximum Gasteiger partial charge on any atom is 0.243 e. The van der Waals surface area contributed by atoms with Gasteiger partial charge in [0.25, 0.3) is 0 Å². The Bertz CT molecular complexity index is 887. The van der Waals surface area contributed by atoms with Crippen molar-refractivity contribution >= 4 is 27.3 Å². The Kier molecular flexibility index (Phi) is 7.69. The highest BCUT2D eigenvalue weighted by Crippen LogP contribution is 2.21. The van der Waals surface area contributed by atoms with E-state index in [0.717, 1.165) is 37.3 Å². The summed E-state index contributed by atoms with van der Waals surface area (Å²) in [7, 11) is -1.60. The van der Waals surface area contributed by atoms with Crippen LogP contribution in [0.1, 0.15) is 30.2 Å². The van der Waals surface area contributed by atoms with Crippen molar-refractivity contribution in [2.45, 2.75) is 37.6 Å². The van der Waals surface area contributed by atoms with Gasteiger partial charge in [0.05, 0.1) is 4.90 Å². The van der Waals surface area contributed by atoms with E-state index in [1.54, 1.807) is 34.8 Å². The monoisotopic (exact) mass is 434 g/mol. The van der Waals surface area contributed by atoms with Gasteiger partial charge in [-0.2, -0.15) is 4.31 Å². The minimum absolute atomic E-state index is 0.369. The van der Waals surface area contributed by atoms with Crippen molar-refractivity contribution in [1.29, 1.82) is 0 Å². The third-order valence-electron chi connectivity index (χ3n) is 5.06. The molecule has 29 heavy (non-hydrogen) atoms. The second-order valence-corrected chi connectivity index (χ2v) is 10.4. The van der Waals surface area contributed by atoms with Crippen molar-refractivity contribution in [2.75, 3.05) is 26.7 Å². The molecule has 0 spiro atoms. The van der Waals surface area contributed by atoms with Crippen molar-refractivity contribution in [1.82, 2.24) is 14.9 Å². The number of hydrogen-bond donors (Lipinski definition) is 2. The second-order valence-electron chi connectivity index (χ2n) is 7.45. The van der Waals surface area contributed by atoms with Crippen LogP contribution in [0.3, 0.4) is 0 Å². The zero-order chi connectivity index (χ0) is 20.7. The van der Waals surface area contributed by atoms with Gasteiger partial charge < -0.3 is 10.6 Å². The van der Waals surface area contributed by atoms with E-state index in [4.69, 9.17) is 0 Å². The van der Waals surface area contributed by atoms with Gasteiger partial charge in [0.15, 0.2) is 5.96 Å². The summed E-state index contributed by atoms with van der Waals surface area (Å²) in [5.41, 5.74) is 1.01. The molecule has 2 aromatic rings. The molecule has 2 N–H and O–H groups in total. The fourth-order valence-corrected chi connectivity index (χ4v) is 5.77. The number of rotatable bonds is 8. The molecule has 0 bridgehead atoms. The maximum atomic E-state index is 12.6. The molecule has 0 radical (unpaired) electrons. The third-order valence-corrected chi connectivity index (χ3v) is 7.87. The largest absolute Gasteiger partial charge is 0.356 e. The molecule has 0 amide bonds. The average molecular weight is 435 g/mol. The number of benzene rings is 1. The summed E-state index contributed by atoms with van der Waals surface area (Å²) < 4.78 is 26.8. The molecule has 1 atom stereocenters. The lowest BCUT2D eigenvalue weighted by Gasteiger charge is -2.17. The topological polar surface area (TPSA) is 73.8 Å². The molecule has 3 rings (SSSR count). The molecule has 8 heteroatoms. The van der Waals surface area contributed by atoms with Gasteiger partial charge in [-0.1, -0.05) is 25.1 Å². The summed E-state index contributed by atoms with van der Waals surface area (Å²) in [5, 5.41) is 8.77. The van der Waals surface area contributed by atoms with Crippen LogP contribution in [0.25, 0.3) is 0 Å². The van der Waals surface area contributed by atoms with Crippen LogP contribution >= 0.6 is 11.3 Å². The van der Waals surface area contributed by atoms with Gasteiger partial charge in [-0.05, 0) is 54.3 Å². The summed E-state index contributed by atoms with van der Waals surface area (Å²) in [6, 6.07) is 11.4. The zero-order valence-corrected chi connectivity index (χ0v) is 18.7. The van der Waals surface area contributed by atoms with Crippen molar-refractivity contribution in [2.24, 2.45) is 10.9 Å². The smallest absolute Gasteiger partial charge is 0.243 e. The van der Waals surface area contributed by atoms with E-state index >= 15 is 0 Å². The van der Waals surface area contributed by atoms with E-state index in [1.807, 2.05) is 12.1 Å². The summed E-state index contributed by atoms with van der Waals surface area (Å²) in [6.07, 6.45) is 2.94. The third kappa shape index (κ3) is 6.04. The highest BCUT2D eigenvalue weighted by molar-refractivity contribution is 7.89. The predicted molar refractivity (Wildman–Crippen MR) is 120 cm³/mol. The summed E-state index contributed by atoms with van der Waals surface area (Å²) >= 11 is 1.79. The normalized spacial score (nSPS) is 16.7. The predicted octanol–water partition coefficient (Wildman–Crippen LogP) is 3.08. The molecule has 1 aromatic carbocycles. The van der Waals surface area contributed by atoms with E-state index < -0.39 is 10.0 Å². The van der Waals surface area contributed by atoms with Gasteiger partial charge in [-0.25, -0.2) is 8.42 Å². The van der Waals surface area contributed by atoms with Crippen molar-refractivity contribution in [3.8, 4) is 0 Å². The quantitative estimate of drug-likeness (QED) is 0.495. The van der Waals surface area contributed by atoms with E-state index in [9.17, 15) is 8.42 Å².